The highest BCUT2D eigenvalue weighted by atomic mass is 19.1. The minimum atomic E-state index is -0.221. The Bertz CT molecular complexity index is 522. The molecule has 2 rings (SSSR count). The van der Waals surface area contributed by atoms with Gasteiger partial charge in [0.25, 0.3) is 5.91 Å². The van der Waals surface area contributed by atoms with Crippen LogP contribution >= 0.6 is 0 Å². The van der Waals surface area contributed by atoms with Crippen LogP contribution in [0.2, 0.25) is 0 Å². The Hall–Kier alpha value is -2.16. The molecule has 1 N–H and O–H groups in total. The quantitative estimate of drug-likeness (QED) is 0.819. The highest BCUT2D eigenvalue weighted by Crippen LogP contribution is 2.05. The van der Waals surface area contributed by atoms with Crippen molar-refractivity contribution in [2.75, 3.05) is 6.54 Å². The Labute approximate surface area is 112 Å². The predicted molar refractivity (Wildman–Crippen MR) is 73.5 cm³/mol. The number of hydrogen-bond acceptors (Lipinski definition) is 1. The average molecular weight is 257 g/mol. The zero-order chi connectivity index (χ0) is 13.5. The number of aryl methyl sites for hydroxylation is 1. The third kappa shape index (κ3) is 4.21. The highest BCUT2D eigenvalue weighted by Gasteiger charge is 2.02. The van der Waals surface area contributed by atoms with E-state index in [9.17, 15) is 9.18 Å². The maximum atomic E-state index is 12.7. The Morgan fingerprint density at radius 3 is 2.37 bits per heavy atom. The van der Waals surface area contributed by atoms with Crippen LogP contribution in [-0.4, -0.2) is 12.5 Å². The van der Waals surface area contributed by atoms with Crippen molar-refractivity contribution in [2.45, 2.75) is 12.8 Å². The van der Waals surface area contributed by atoms with Crippen LogP contribution in [0.25, 0.3) is 0 Å². The number of hydrogen-bond donors (Lipinski definition) is 1. The standard InChI is InChI=1S/C16H16FNO/c17-15-10-8-13(9-11-15)5-4-12-18-16(19)14-6-2-1-3-7-14/h1-3,6-11H,4-5,12H2,(H,18,19). The van der Waals surface area contributed by atoms with Crippen molar-refractivity contribution in [2.24, 2.45) is 0 Å². The van der Waals surface area contributed by atoms with Gasteiger partial charge in [-0.3, -0.25) is 4.79 Å². The molecular formula is C16H16FNO. The molecule has 0 saturated heterocycles. The summed E-state index contributed by atoms with van der Waals surface area (Å²) in [5.74, 6) is -0.277. The van der Waals surface area contributed by atoms with Gasteiger partial charge in [0.05, 0.1) is 0 Å². The van der Waals surface area contributed by atoms with Gasteiger partial charge in [0.15, 0.2) is 0 Å². The average Bonchev–Trinajstić information content (AvgIpc) is 2.46. The second-order valence-electron chi connectivity index (χ2n) is 4.35. The maximum absolute atomic E-state index is 12.7. The lowest BCUT2D eigenvalue weighted by Crippen LogP contribution is -2.24. The normalized spacial score (nSPS) is 10.2. The Balaban J connectivity index is 1.72. The van der Waals surface area contributed by atoms with Crippen LogP contribution in [0.3, 0.4) is 0 Å². The lowest BCUT2D eigenvalue weighted by Gasteiger charge is -2.05. The van der Waals surface area contributed by atoms with Crippen LogP contribution in [0.15, 0.2) is 54.6 Å². The van der Waals surface area contributed by atoms with Crippen LogP contribution in [0.4, 0.5) is 4.39 Å². The zero-order valence-electron chi connectivity index (χ0n) is 10.6. The number of carbonyl (C=O) groups is 1. The molecule has 0 aliphatic carbocycles. The molecule has 2 nitrogen and oxygen atoms in total. The van der Waals surface area contributed by atoms with E-state index in [4.69, 9.17) is 0 Å². The van der Waals surface area contributed by atoms with Gasteiger partial charge in [0, 0.05) is 12.1 Å². The third-order valence-electron chi connectivity index (χ3n) is 2.88. The van der Waals surface area contributed by atoms with Gasteiger partial charge in [-0.1, -0.05) is 30.3 Å². The van der Waals surface area contributed by atoms with Gasteiger partial charge in [-0.05, 0) is 42.7 Å². The summed E-state index contributed by atoms with van der Waals surface area (Å²) in [6.07, 6.45) is 1.67. The summed E-state index contributed by atoms with van der Waals surface area (Å²) in [4.78, 5) is 11.7. The van der Waals surface area contributed by atoms with Crippen LogP contribution in [0.5, 0.6) is 0 Å². The van der Waals surface area contributed by atoms with Gasteiger partial charge in [-0.15, -0.1) is 0 Å². The van der Waals surface area contributed by atoms with E-state index >= 15 is 0 Å². The molecule has 0 aliphatic rings. The molecule has 0 aliphatic heterocycles. The first-order valence-corrected chi connectivity index (χ1v) is 6.33. The molecule has 1 amide bonds. The molecule has 0 saturated carbocycles. The molecule has 2 aromatic rings. The highest BCUT2D eigenvalue weighted by molar-refractivity contribution is 5.94. The topological polar surface area (TPSA) is 29.1 Å². The van der Waals surface area contributed by atoms with Gasteiger partial charge in [-0.2, -0.15) is 0 Å². The number of rotatable bonds is 5. The molecule has 0 spiro atoms. The van der Waals surface area contributed by atoms with Gasteiger partial charge in [0.1, 0.15) is 5.82 Å². The molecule has 0 bridgehead atoms. The molecule has 19 heavy (non-hydrogen) atoms. The van der Waals surface area contributed by atoms with Crippen molar-refractivity contribution in [3.8, 4) is 0 Å². The molecule has 0 atom stereocenters. The number of nitrogens with one attached hydrogen (secondary N) is 1. The van der Waals surface area contributed by atoms with Crippen molar-refractivity contribution in [1.29, 1.82) is 0 Å². The fourth-order valence-corrected chi connectivity index (χ4v) is 1.84. The summed E-state index contributed by atoms with van der Waals surface area (Å²) in [6, 6.07) is 15.6. The number of halogens is 1. The third-order valence-corrected chi connectivity index (χ3v) is 2.88. The van der Waals surface area contributed by atoms with Crippen LogP contribution in [-0.2, 0) is 6.42 Å². The lowest BCUT2D eigenvalue weighted by molar-refractivity contribution is 0.0953. The summed E-state index contributed by atoms with van der Waals surface area (Å²) < 4.78 is 12.7. The lowest BCUT2D eigenvalue weighted by atomic mass is 10.1. The zero-order valence-corrected chi connectivity index (χ0v) is 10.6. The largest absolute Gasteiger partial charge is 0.352 e. The molecule has 0 unspecified atom stereocenters. The van der Waals surface area contributed by atoms with E-state index in [0.717, 1.165) is 18.4 Å². The second-order valence-corrected chi connectivity index (χ2v) is 4.35. The molecule has 3 heteroatoms. The van der Waals surface area contributed by atoms with Gasteiger partial charge < -0.3 is 5.32 Å². The van der Waals surface area contributed by atoms with Crippen molar-refractivity contribution in [3.63, 3.8) is 0 Å². The van der Waals surface area contributed by atoms with Crippen LogP contribution < -0.4 is 5.32 Å². The summed E-state index contributed by atoms with van der Waals surface area (Å²) in [5.41, 5.74) is 1.75. The number of benzene rings is 2. The second kappa shape index (κ2) is 6.69. The Morgan fingerprint density at radius 1 is 1.00 bits per heavy atom. The van der Waals surface area contributed by atoms with Crippen molar-refractivity contribution in [1.82, 2.24) is 5.32 Å². The summed E-state index contributed by atoms with van der Waals surface area (Å²) >= 11 is 0. The number of amides is 1. The van der Waals surface area contributed by atoms with Crippen molar-refractivity contribution < 1.29 is 9.18 Å². The SMILES string of the molecule is O=C(NCCCc1ccc(F)cc1)c1ccccc1. The van der Waals surface area contributed by atoms with Gasteiger partial charge >= 0.3 is 0 Å². The molecule has 0 heterocycles. The molecule has 98 valence electrons. The molecular weight excluding hydrogens is 241 g/mol. The molecule has 0 radical (unpaired) electrons. The van der Waals surface area contributed by atoms with E-state index in [0.29, 0.717) is 12.1 Å². The minimum Gasteiger partial charge on any atom is -0.352 e. The Morgan fingerprint density at radius 2 is 1.68 bits per heavy atom. The monoisotopic (exact) mass is 257 g/mol. The smallest absolute Gasteiger partial charge is 0.251 e. The maximum Gasteiger partial charge on any atom is 0.251 e. The van der Waals surface area contributed by atoms with E-state index in [1.807, 2.05) is 18.2 Å². The first-order valence-electron chi connectivity index (χ1n) is 6.33. The summed E-state index contributed by atoms with van der Waals surface area (Å²) in [5, 5.41) is 2.87. The van der Waals surface area contributed by atoms with Crippen molar-refractivity contribution in [3.05, 3.63) is 71.5 Å². The van der Waals surface area contributed by atoms with Gasteiger partial charge in [-0.25, -0.2) is 4.39 Å². The first kappa shape index (κ1) is 13.3. The Kier molecular flexibility index (Phi) is 4.67. The molecule has 2 aromatic carbocycles. The molecule has 0 fully saturated rings. The van der Waals surface area contributed by atoms with Crippen molar-refractivity contribution >= 4 is 5.91 Å². The van der Waals surface area contributed by atoms with E-state index in [2.05, 4.69) is 5.32 Å². The summed E-state index contributed by atoms with van der Waals surface area (Å²) in [6.45, 7) is 0.616. The van der Waals surface area contributed by atoms with Crippen LogP contribution in [0.1, 0.15) is 22.3 Å². The van der Waals surface area contributed by atoms with E-state index in [-0.39, 0.29) is 11.7 Å². The summed E-state index contributed by atoms with van der Waals surface area (Å²) in [7, 11) is 0. The predicted octanol–water partition coefficient (Wildman–Crippen LogP) is 3.19. The molecule has 0 aromatic heterocycles. The van der Waals surface area contributed by atoms with E-state index in [1.165, 1.54) is 12.1 Å². The van der Waals surface area contributed by atoms with E-state index < -0.39 is 0 Å². The number of carbonyl (C=O) groups excluding carboxylic acids is 1. The fraction of sp³-hybridized carbons (Fsp3) is 0.188. The van der Waals surface area contributed by atoms with Gasteiger partial charge in [0.2, 0.25) is 0 Å². The van der Waals surface area contributed by atoms with Crippen LogP contribution in [0, 0.1) is 5.82 Å². The minimum absolute atomic E-state index is 0.0558. The first-order chi connectivity index (χ1) is 9.25. The van der Waals surface area contributed by atoms with E-state index in [1.54, 1.807) is 24.3 Å². The fourth-order valence-electron chi connectivity index (χ4n) is 1.84.